The van der Waals surface area contributed by atoms with Gasteiger partial charge in [-0.05, 0) is 79.4 Å². The summed E-state index contributed by atoms with van der Waals surface area (Å²) in [4.78, 5) is 25.1. The van der Waals surface area contributed by atoms with E-state index in [-0.39, 0.29) is 34.7 Å². The zero-order valence-electron chi connectivity index (χ0n) is 16.4. The van der Waals surface area contributed by atoms with E-state index in [1.807, 2.05) is 6.92 Å². The molecular formula is C22H34O4. The van der Waals surface area contributed by atoms with Gasteiger partial charge >= 0.3 is 5.97 Å². The summed E-state index contributed by atoms with van der Waals surface area (Å²) in [5.41, 5.74) is -0.107. The third-order valence-electron chi connectivity index (χ3n) is 9.39. The smallest absolute Gasteiger partial charge is 0.306 e. The summed E-state index contributed by atoms with van der Waals surface area (Å²) in [7, 11) is 0. The average Bonchev–Trinajstić information content (AvgIpc) is 2.90. The molecule has 4 rings (SSSR count). The van der Waals surface area contributed by atoms with Crippen LogP contribution in [-0.2, 0) is 9.59 Å². The number of ketones is 1. The SMILES string of the molecule is C[C@H](C(=O)O)[C@H]1CC[C@H]2[C@@H]3CC[C@@H]4C[C@H](O)CC[C@]4(C)[C@H]3C(=O)C[C@]12C. The van der Waals surface area contributed by atoms with Crippen LogP contribution in [0.5, 0.6) is 0 Å². The Morgan fingerprint density at radius 1 is 1.12 bits per heavy atom. The van der Waals surface area contributed by atoms with Gasteiger partial charge < -0.3 is 10.2 Å². The Morgan fingerprint density at radius 2 is 1.85 bits per heavy atom. The van der Waals surface area contributed by atoms with Gasteiger partial charge in [0.15, 0.2) is 0 Å². The highest BCUT2D eigenvalue weighted by Crippen LogP contribution is 2.67. The molecule has 9 atom stereocenters. The van der Waals surface area contributed by atoms with E-state index in [2.05, 4.69) is 13.8 Å². The standard InChI is InChI=1S/C22H34O4/c1-12(20(25)26)16-6-7-17-15-5-4-13-10-14(23)8-9-21(13,2)19(15)18(24)11-22(16,17)3/h12-17,19,23H,4-11H2,1-3H3,(H,25,26)/t12-,13+,14+,15-,16+,17-,19+,21-,22+/m0/s1. The minimum absolute atomic E-state index is 0.0388. The Kier molecular flexibility index (Phi) is 4.30. The number of aliphatic hydroxyl groups excluding tert-OH is 1. The molecule has 0 unspecified atom stereocenters. The second kappa shape index (κ2) is 6.05. The molecule has 146 valence electrons. The molecule has 0 spiro atoms. The molecule has 0 aromatic heterocycles. The highest BCUT2D eigenvalue weighted by molar-refractivity contribution is 5.84. The maximum atomic E-state index is 13.4. The highest BCUT2D eigenvalue weighted by Gasteiger charge is 2.63. The van der Waals surface area contributed by atoms with Crippen LogP contribution in [0.25, 0.3) is 0 Å². The lowest BCUT2D eigenvalue weighted by atomic mass is 9.44. The van der Waals surface area contributed by atoms with Crippen LogP contribution in [0.15, 0.2) is 0 Å². The van der Waals surface area contributed by atoms with Gasteiger partial charge in [-0.2, -0.15) is 0 Å². The number of rotatable bonds is 2. The van der Waals surface area contributed by atoms with Gasteiger partial charge in [0.25, 0.3) is 0 Å². The van der Waals surface area contributed by atoms with Crippen LogP contribution in [0.4, 0.5) is 0 Å². The first-order valence-electron chi connectivity index (χ1n) is 10.6. The topological polar surface area (TPSA) is 74.6 Å². The number of fused-ring (bicyclic) bond motifs is 5. The zero-order chi connectivity index (χ0) is 18.9. The number of aliphatic hydroxyl groups is 1. The summed E-state index contributed by atoms with van der Waals surface area (Å²) in [6.07, 6.45) is 7.24. The van der Waals surface area contributed by atoms with E-state index >= 15 is 0 Å². The van der Waals surface area contributed by atoms with E-state index in [1.165, 1.54) is 0 Å². The van der Waals surface area contributed by atoms with Gasteiger partial charge in [-0.15, -0.1) is 0 Å². The summed E-state index contributed by atoms with van der Waals surface area (Å²) in [5, 5.41) is 19.7. The predicted octanol–water partition coefficient (Wildman–Crippen LogP) is 3.91. The molecule has 4 nitrogen and oxygen atoms in total. The first-order chi connectivity index (χ1) is 12.2. The summed E-state index contributed by atoms with van der Waals surface area (Å²) >= 11 is 0. The maximum absolute atomic E-state index is 13.4. The van der Waals surface area contributed by atoms with E-state index < -0.39 is 5.97 Å². The highest BCUT2D eigenvalue weighted by atomic mass is 16.4. The predicted molar refractivity (Wildman–Crippen MR) is 98.4 cm³/mol. The van der Waals surface area contributed by atoms with Crippen molar-refractivity contribution in [2.45, 2.75) is 78.2 Å². The Labute approximate surface area is 156 Å². The number of Topliss-reactive ketones (excluding diaryl/α,β-unsaturated/α-hetero) is 1. The van der Waals surface area contributed by atoms with Crippen LogP contribution < -0.4 is 0 Å². The zero-order valence-corrected chi connectivity index (χ0v) is 16.4. The van der Waals surface area contributed by atoms with Crippen molar-refractivity contribution in [1.82, 2.24) is 0 Å². The van der Waals surface area contributed by atoms with Gasteiger partial charge in [-0.3, -0.25) is 9.59 Å². The third-order valence-corrected chi connectivity index (χ3v) is 9.39. The molecule has 0 radical (unpaired) electrons. The molecule has 4 saturated carbocycles. The number of carbonyl (C=O) groups excluding carboxylic acids is 1. The molecule has 4 fully saturated rings. The Morgan fingerprint density at radius 3 is 2.54 bits per heavy atom. The van der Waals surface area contributed by atoms with Crippen molar-refractivity contribution in [3.8, 4) is 0 Å². The summed E-state index contributed by atoms with van der Waals surface area (Å²) in [6.45, 7) is 6.35. The summed E-state index contributed by atoms with van der Waals surface area (Å²) in [5.74, 6) is 0.928. The van der Waals surface area contributed by atoms with E-state index in [9.17, 15) is 19.8 Å². The van der Waals surface area contributed by atoms with E-state index in [0.717, 1.165) is 44.9 Å². The fourth-order valence-electron chi connectivity index (χ4n) is 8.08. The van der Waals surface area contributed by atoms with Crippen LogP contribution in [-0.4, -0.2) is 28.1 Å². The fraction of sp³-hybridized carbons (Fsp3) is 0.909. The molecule has 2 N–H and O–H groups in total. The lowest BCUT2D eigenvalue weighted by molar-refractivity contribution is -0.165. The number of aliphatic carboxylic acids is 1. The van der Waals surface area contributed by atoms with Crippen molar-refractivity contribution in [1.29, 1.82) is 0 Å². The van der Waals surface area contributed by atoms with Gasteiger partial charge in [-0.25, -0.2) is 0 Å². The molecule has 26 heavy (non-hydrogen) atoms. The molecular weight excluding hydrogens is 328 g/mol. The average molecular weight is 363 g/mol. The first-order valence-corrected chi connectivity index (χ1v) is 10.6. The van der Waals surface area contributed by atoms with Crippen molar-refractivity contribution in [2.75, 3.05) is 0 Å². The Hall–Kier alpha value is -0.900. The van der Waals surface area contributed by atoms with Crippen LogP contribution in [0.2, 0.25) is 0 Å². The van der Waals surface area contributed by atoms with Gasteiger partial charge in [0.2, 0.25) is 0 Å². The fourth-order valence-corrected chi connectivity index (χ4v) is 8.08. The van der Waals surface area contributed by atoms with E-state index in [4.69, 9.17) is 0 Å². The molecule has 4 aliphatic carbocycles. The van der Waals surface area contributed by atoms with Crippen molar-refractivity contribution < 1.29 is 19.8 Å². The summed E-state index contributed by atoms with van der Waals surface area (Å²) < 4.78 is 0. The van der Waals surface area contributed by atoms with Crippen molar-refractivity contribution >= 4 is 11.8 Å². The number of hydrogen-bond acceptors (Lipinski definition) is 3. The number of carboxylic acid groups (broad SMARTS) is 1. The van der Waals surface area contributed by atoms with Crippen LogP contribution >= 0.6 is 0 Å². The van der Waals surface area contributed by atoms with E-state index in [1.54, 1.807) is 0 Å². The lowest BCUT2D eigenvalue weighted by Gasteiger charge is -2.60. The number of carboxylic acids is 1. The van der Waals surface area contributed by atoms with Gasteiger partial charge in [0.1, 0.15) is 5.78 Å². The van der Waals surface area contributed by atoms with E-state index in [0.29, 0.717) is 30.0 Å². The quantitative estimate of drug-likeness (QED) is 0.781. The maximum Gasteiger partial charge on any atom is 0.306 e. The molecule has 0 saturated heterocycles. The normalized spacial score (nSPS) is 51.9. The largest absolute Gasteiger partial charge is 0.481 e. The molecule has 4 heteroatoms. The second-order valence-electron chi connectivity index (χ2n) is 10.4. The van der Waals surface area contributed by atoms with Crippen LogP contribution in [0.1, 0.15) is 72.1 Å². The molecule has 0 aliphatic heterocycles. The monoisotopic (exact) mass is 362 g/mol. The van der Waals surface area contributed by atoms with Gasteiger partial charge in [0.05, 0.1) is 12.0 Å². The first kappa shape index (κ1) is 18.5. The lowest BCUT2D eigenvalue weighted by Crippen LogP contribution is -2.58. The number of carbonyl (C=O) groups is 2. The molecule has 0 amide bonds. The van der Waals surface area contributed by atoms with Gasteiger partial charge in [-0.1, -0.05) is 20.8 Å². The molecule has 0 heterocycles. The van der Waals surface area contributed by atoms with Crippen molar-refractivity contribution in [2.24, 2.45) is 46.3 Å². The van der Waals surface area contributed by atoms with Crippen LogP contribution in [0, 0.1) is 46.3 Å². The minimum Gasteiger partial charge on any atom is -0.481 e. The van der Waals surface area contributed by atoms with Gasteiger partial charge in [0, 0.05) is 12.3 Å². The molecule has 0 aromatic rings. The van der Waals surface area contributed by atoms with Crippen molar-refractivity contribution in [3.05, 3.63) is 0 Å². The third kappa shape index (κ3) is 2.43. The summed E-state index contributed by atoms with van der Waals surface area (Å²) in [6, 6.07) is 0. The number of hydrogen-bond donors (Lipinski definition) is 2. The Balaban J connectivity index is 1.65. The van der Waals surface area contributed by atoms with Crippen molar-refractivity contribution in [3.63, 3.8) is 0 Å². The second-order valence-corrected chi connectivity index (χ2v) is 10.4. The van der Waals surface area contributed by atoms with Crippen LogP contribution in [0.3, 0.4) is 0 Å². The molecule has 4 aliphatic rings. The Bertz CT molecular complexity index is 615. The molecule has 0 aromatic carbocycles. The minimum atomic E-state index is -0.719. The molecule has 0 bridgehead atoms.